The van der Waals surface area contributed by atoms with Crippen molar-refractivity contribution in [2.24, 2.45) is 0 Å². The number of sulfonamides is 2. The number of nitrogens with one attached hydrogen (secondary N) is 1. The monoisotopic (exact) mass is 645 g/mol. The number of amides is 1. The Labute approximate surface area is 246 Å². The number of alkyl halides is 3. The molecule has 1 heterocycles. The lowest BCUT2D eigenvalue weighted by Crippen LogP contribution is -2.42. The van der Waals surface area contributed by atoms with Gasteiger partial charge in [0.15, 0.2) is 0 Å². The first kappa shape index (κ1) is 31.6. The number of hydrogen-bond acceptors (Lipinski definition) is 6. The average Bonchev–Trinajstić information content (AvgIpc) is 3.51. The van der Waals surface area contributed by atoms with Crippen molar-refractivity contribution in [2.75, 3.05) is 37.1 Å². The minimum Gasteiger partial charge on any atom is -0.492 e. The molecule has 42 heavy (non-hydrogen) atoms. The second kappa shape index (κ2) is 12.9. The van der Waals surface area contributed by atoms with Gasteiger partial charge >= 0.3 is 6.18 Å². The fourth-order valence-electron chi connectivity index (χ4n) is 4.25. The van der Waals surface area contributed by atoms with Gasteiger partial charge in [0.1, 0.15) is 18.9 Å². The third kappa shape index (κ3) is 7.35. The maximum absolute atomic E-state index is 13.5. The number of benzene rings is 3. The van der Waals surface area contributed by atoms with Crippen LogP contribution in [0.15, 0.2) is 82.6 Å². The molecule has 0 unspecified atom stereocenters. The first-order valence-corrected chi connectivity index (χ1v) is 16.0. The molecule has 1 N–H and O–H groups in total. The third-order valence-electron chi connectivity index (χ3n) is 6.38. The number of hydrogen-bond donors (Lipinski definition) is 1. The molecule has 0 atom stereocenters. The molecule has 0 radical (unpaired) electrons. The van der Waals surface area contributed by atoms with Crippen molar-refractivity contribution in [3.63, 3.8) is 0 Å². The van der Waals surface area contributed by atoms with Crippen LogP contribution in [0, 0.1) is 0 Å². The van der Waals surface area contributed by atoms with Crippen LogP contribution >= 0.6 is 11.6 Å². The Morgan fingerprint density at radius 2 is 1.57 bits per heavy atom. The Kier molecular flexibility index (Phi) is 9.70. The molecule has 3 aromatic carbocycles. The second-order valence-corrected chi connectivity index (χ2v) is 13.5. The van der Waals surface area contributed by atoms with E-state index in [1.54, 1.807) is 6.07 Å². The fraction of sp³-hybridized carbons (Fsp3) is 0.296. The molecule has 3 aromatic rings. The zero-order valence-corrected chi connectivity index (χ0v) is 24.4. The summed E-state index contributed by atoms with van der Waals surface area (Å²) in [6.07, 6.45) is -3.22. The molecule has 4 rings (SSSR count). The molecule has 9 nitrogen and oxygen atoms in total. The molecule has 1 amide bonds. The van der Waals surface area contributed by atoms with Crippen LogP contribution in [0.3, 0.4) is 0 Å². The Balaban J connectivity index is 1.42. The van der Waals surface area contributed by atoms with E-state index in [1.165, 1.54) is 52.8 Å². The number of halogens is 4. The van der Waals surface area contributed by atoms with Gasteiger partial charge in [-0.3, -0.25) is 9.10 Å². The Hall–Kier alpha value is -3.33. The van der Waals surface area contributed by atoms with E-state index in [0.717, 1.165) is 25.0 Å². The van der Waals surface area contributed by atoms with E-state index in [4.69, 9.17) is 16.3 Å². The van der Waals surface area contributed by atoms with Crippen molar-refractivity contribution in [2.45, 2.75) is 28.8 Å². The lowest BCUT2D eigenvalue weighted by Gasteiger charge is -2.25. The first-order valence-electron chi connectivity index (χ1n) is 12.7. The van der Waals surface area contributed by atoms with Crippen LogP contribution in [0.25, 0.3) is 0 Å². The lowest BCUT2D eigenvalue weighted by atomic mass is 10.2. The number of carbonyl (C=O) groups excluding carboxylic acids is 1. The average molecular weight is 646 g/mol. The normalized spacial score (nSPS) is 14.5. The predicted octanol–water partition coefficient (Wildman–Crippen LogP) is 4.53. The van der Waals surface area contributed by atoms with E-state index in [2.05, 4.69) is 5.32 Å². The van der Waals surface area contributed by atoms with E-state index in [-0.39, 0.29) is 22.9 Å². The van der Waals surface area contributed by atoms with E-state index < -0.39 is 54.9 Å². The van der Waals surface area contributed by atoms with Crippen LogP contribution in [0.1, 0.15) is 18.4 Å². The zero-order valence-electron chi connectivity index (χ0n) is 22.1. The van der Waals surface area contributed by atoms with Gasteiger partial charge in [-0.2, -0.15) is 17.5 Å². The van der Waals surface area contributed by atoms with Gasteiger partial charge in [0.05, 0.1) is 32.6 Å². The molecule has 0 spiro atoms. The van der Waals surface area contributed by atoms with Crippen LogP contribution in [0.5, 0.6) is 5.75 Å². The lowest BCUT2D eigenvalue weighted by molar-refractivity contribution is -0.137. The summed E-state index contributed by atoms with van der Waals surface area (Å²) in [6.45, 7) is 0.0197. The topological polar surface area (TPSA) is 113 Å². The van der Waals surface area contributed by atoms with Crippen LogP contribution < -0.4 is 14.4 Å². The molecule has 1 aliphatic rings. The van der Waals surface area contributed by atoms with Crippen molar-refractivity contribution < 1.29 is 39.5 Å². The van der Waals surface area contributed by atoms with E-state index in [9.17, 15) is 34.8 Å². The smallest absolute Gasteiger partial charge is 0.417 e. The van der Waals surface area contributed by atoms with Crippen LogP contribution in [-0.4, -0.2) is 59.8 Å². The van der Waals surface area contributed by atoms with E-state index >= 15 is 0 Å². The summed E-state index contributed by atoms with van der Waals surface area (Å²) in [5, 5.41) is 1.87. The van der Waals surface area contributed by atoms with E-state index in [1.807, 2.05) is 0 Å². The third-order valence-corrected chi connectivity index (χ3v) is 10.4. The summed E-state index contributed by atoms with van der Waals surface area (Å²) in [5.41, 5.74) is -1.64. The van der Waals surface area contributed by atoms with E-state index in [0.29, 0.717) is 29.2 Å². The molecular formula is C27H27ClF3N3O6S2. The number of nitrogens with zero attached hydrogens (tertiary/aromatic N) is 2. The van der Waals surface area contributed by atoms with Crippen molar-refractivity contribution in [3.8, 4) is 5.75 Å². The molecule has 226 valence electrons. The van der Waals surface area contributed by atoms with Gasteiger partial charge in [0.2, 0.25) is 15.9 Å². The highest BCUT2D eigenvalue weighted by atomic mass is 35.5. The largest absolute Gasteiger partial charge is 0.492 e. The molecule has 0 aromatic heterocycles. The zero-order chi connectivity index (χ0) is 30.5. The first-order chi connectivity index (χ1) is 19.8. The fourth-order valence-corrected chi connectivity index (χ4v) is 7.43. The van der Waals surface area contributed by atoms with Crippen LogP contribution in [0.2, 0.25) is 5.02 Å². The van der Waals surface area contributed by atoms with Crippen LogP contribution in [0.4, 0.5) is 18.9 Å². The highest BCUT2D eigenvalue weighted by Crippen LogP contribution is 2.38. The number of carbonyl (C=O) groups is 1. The van der Waals surface area contributed by atoms with Gasteiger partial charge < -0.3 is 10.1 Å². The second-order valence-electron chi connectivity index (χ2n) is 9.27. The Bertz CT molecular complexity index is 1610. The minimum atomic E-state index is -4.86. The van der Waals surface area contributed by atoms with Crippen molar-refractivity contribution in [1.82, 2.24) is 9.62 Å². The molecule has 1 fully saturated rings. The predicted molar refractivity (Wildman–Crippen MR) is 150 cm³/mol. The summed E-state index contributed by atoms with van der Waals surface area (Å²) < 4.78 is 100. The molecule has 1 aliphatic heterocycles. The molecule has 1 saturated heterocycles. The quantitative estimate of drug-likeness (QED) is 0.307. The Morgan fingerprint density at radius 3 is 2.19 bits per heavy atom. The van der Waals surface area contributed by atoms with Gasteiger partial charge in [-0.05, 0) is 67.4 Å². The SMILES string of the molecule is O=C(CN(c1ccc(Cl)c(C(F)(F)F)c1)S(=O)(=O)c1ccccc1)NCCOc1ccc(S(=O)(=O)N2CCCC2)cc1. The maximum Gasteiger partial charge on any atom is 0.417 e. The summed E-state index contributed by atoms with van der Waals surface area (Å²) in [6, 6.07) is 15.4. The highest BCUT2D eigenvalue weighted by molar-refractivity contribution is 7.92. The van der Waals surface area contributed by atoms with Crippen molar-refractivity contribution in [1.29, 1.82) is 0 Å². The van der Waals surface area contributed by atoms with Gasteiger partial charge in [0, 0.05) is 13.1 Å². The molecule has 0 saturated carbocycles. The number of rotatable bonds is 11. The van der Waals surface area contributed by atoms with Crippen LogP contribution in [-0.2, 0) is 31.0 Å². The van der Waals surface area contributed by atoms with Crippen molar-refractivity contribution in [3.05, 3.63) is 83.4 Å². The minimum absolute atomic E-state index is 0.0471. The molecule has 0 bridgehead atoms. The summed E-state index contributed by atoms with van der Waals surface area (Å²) >= 11 is 5.70. The number of anilines is 1. The van der Waals surface area contributed by atoms with Crippen molar-refractivity contribution >= 4 is 43.2 Å². The van der Waals surface area contributed by atoms with Gasteiger partial charge in [0.25, 0.3) is 10.0 Å². The molecular weight excluding hydrogens is 619 g/mol. The summed E-state index contributed by atoms with van der Waals surface area (Å²) in [4.78, 5) is 12.7. The highest BCUT2D eigenvalue weighted by Gasteiger charge is 2.35. The van der Waals surface area contributed by atoms with Gasteiger partial charge in [-0.1, -0.05) is 29.8 Å². The molecule has 15 heteroatoms. The Morgan fingerprint density at radius 1 is 0.929 bits per heavy atom. The van der Waals surface area contributed by atoms with Gasteiger partial charge in [-0.25, -0.2) is 16.8 Å². The standard InChI is InChI=1S/C27H27ClF3N3O6S2/c28-25-13-8-20(18-24(25)27(29,30)31)34(42(38,39)22-6-2-1-3-7-22)19-26(35)32-14-17-40-21-9-11-23(12-10-21)41(36,37)33-15-4-5-16-33/h1-3,6-13,18H,4-5,14-17,19H2,(H,32,35). The summed E-state index contributed by atoms with van der Waals surface area (Å²) in [7, 11) is -8.02. The maximum atomic E-state index is 13.5. The number of ether oxygens (including phenoxy) is 1. The van der Waals surface area contributed by atoms with Gasteiger partial charge in [-0.15, -0.1) is 0 Å². The summed E-state index contributed by atoms with van der Waals surface area (Å²) in [5.74, 6) is -0.451. The molecule has 0 aliphatic carbocycles.